The fourth-order valence-corrected chi connectivity index (χ4v) is 1.43. The standard InChI is InChI=1S/C7H14FNO/c1-5(10-3)7-6(8)4-9(7)2/h5-7H,4H2,1-3H3/t5-,6?,7+/m0/s1. The highest BCUT2D eigenvalue weighted by molar-refractivity contribution is 4.93. The Morgan fingerprint density at radius 1 is 1.70 bits per heavy atom. The van der Waals surface area contributed by atoms with Gasteiger partial charge in [-0.25, -0.2) is 4.39 Å². The summed E-state index contributed by atoms with van der Waals surface area (Å²) in [6.45, 7) is 2.45. The minimum absolute atomic E-state index is 0.00810. The topological polar surface area (TPSA) is 12.5 Å². The largest absolute Gasteiger partial charge is 0.380 e. The van der Waals surface area contributed by atoms with Crippen LogP contribution in [0, 0.1) is 0 Å². The lowest BCUT2D eigenvalue weighted by atomic mass is 9.97. The van der Waals surface area contributed by atoms with Gasteiger partial charge in [0.25, 0.3) is 0 Å². The van der Waals surface area contributed by atoms with Crippen LogP contribution in [0.1, 0.15) is 6.92 Å². The number of ether oxygens (including phenoxy) is 1. The molecule has 0 radical (unpaired) electrons. The molecule has 0 aliphatic carbocycles. The number of likely N-dealkylation sites (N-methyl/N-ethyl adjacent to an activating group) is 1. The van der Waals surface area contributed by atoms with E-state index in [0.717, 1.165) is 0 Å². The molecular weight excluding hydrogens is 133 g/mol. The quantitative estimate of drug-likeness (QED) is 0.569. The number of rotatable bonds is 2. The van der Waals surface area contributed by atoms with E-state index in [1.807, 2.05) is 18.9 Å². The maximum atomic E-state index is 12.7. The lowest BCUT2D eigenvalue weighted by Crippen LogP contribution is -2.61. The molecule has 0 aromatic carbocycles. The number of halogens is 1. The molecule has 0 saturated carbocycles. The number of methoxy groups -OCH3 is 1. The lowest BCUT2D eigenvalue weighted by molar-refractivity contribution is -0.0710. The molecule has 10 heavy (non-hydrogen) atoms. The number of hydrogen-bond donors (Lipinski definition) is 0. The predicted molar refractivity (Wildman–Crippen MR) is 37.8 cm³/mol. The monoisotopic (exact) mass is 147 g/mol. The van der Waals surface area contributed by atoms with Crippen LogP contribution in [0.15, 0.2) is 0 Å². The van der Waals surface area contributed by atoms with Crippen LogP contribution < -0.4 is 0 Å². The highest BCUT2D eigenvalue weighted by atomic mass is 19.1. The Morgan fingerprint density at radius 3 is 2.50 bits per heavy atom. The number of likely N-dealkylation sites (tertiary alicyclic amines) is 1. The van der Waals surface area contributed by atoms with E-state index < -0.39 is 6.17 Å². The van der Waals surface area contributed by atoms with E-state index in [9.17, 15) is 4.39 Å². The van der Waals surface area contributed by atoms with Gasteiger partial charge in [-0.3, -0.25) is 4.90 Å². The molecule has 2 nitrogen and oxygen atoms in total. The molecule has 1 saturated heterocycles. The number of alkyl halides is 1. The van der Waals surface area contributed by atoms with Gasteiger partial charge < -0.3 is 4.74 Å². The zero-order chi connectivity index (χ0) is 7.72. The molecule has 0 aromatic heterocycles. The molecule has 0 N–H and O–H groups in total. The summed E-state index contributed by atoms with van der Waals surface area (Å²) in [6.07, 6.45) is -0.686. The van der Waals surface area contributed by atoms with Gasteiger partial charge in [-0.15, -0.1) is 0 Å². The third kappa shape index (κ3) is 1.16. The summed E-state index contributed by atoms with van der Waals surface area (Å²) in [7, 11) is 3.53. The van der Waals surface area contributed by atoms with Gasteiger partial charge >= 0.3 is 0 Å². The molecule has 0 spiro atoms. The molecule has 1 aliphatic heterocycles. The van der Waals surface area contributed by atoms with Gasteiger partial charge in [0.05, 0.1) is 12.1 Å². The van der Waals surface area contributed by atoms with E-state index >= 15 is 0 Å². The Labute approximate surface area is 61.0 Å². The van der Waals surface area contributed by atoms with Gasteiger partial charge in [-0.1, -0.05) is 0 Å². The summed E-state index contributed by atoms with van der Waals surface area (Å²) >= 11 is 0. The number of nitrogens with zero attached hydrogens (tertiary/aromatic N) is 1. The van der Waals surface area contributed by atoms with Gasteiger partial charge in [-0.2, -0.15) is 0 Å². The first-order chi connectivity index (χ1) is 4.66. The molecule has 1 fully saturated rings. The van der Waals surface area contributed by atoms with E-state index in [0.29, 0.717) is 6.54 Å². The molecule has 3 atom stereocenters. The Hall–Kier alpha value is -0.150. The zero-order valence-electron chi connectivity index (χ0n) is 6.67. The van der Waals surface area contributed by atoms with Gasteiger partial charge in [0.2, 0.25) is 0 Å². The van der Waals surface area contributed by atoms with Crippen molar-refractivity contribution in [1.82, 2.24) is 4.90 Å². The van der Waals surface area contributed by atoms with Crippen LogP contribution >= 0.6 is 0 Å². The van der Waals surface area contributed by atoms with E-state index in [4.69, 9.17) is 4.74 Å². The first-order valence-corrected chi connectivity index (χ1v) is 3.54. The van der Waals surface area contributed by atoms with Crippen molar-refractivity contribution in [2.24, 2.45) is 0 Å². The second-order valence-electron chi connectivity index (χ2n) is 2.89. The van der Waals surface area contributed by atoms with Crippen molar-refractivity contribution in [2.75, 3.05) is 20.7 Å². The molecule has 1 unspecified atom stereocenters. The van der Waals surface area contributed by atoms with Gasteiger partial charge in [0.1, 0.15) is 6.17 Å². The summed E-state index contributed by atoms with van der Waals surface area (Å²) in [4.78, 5) is 1.97. The van der Waals surface area contributed by atoms with Crippen LogP contribution in [0.25, 0.3) is 0 Å². The molecule has 1 heterocycles. The summed E-state index contributed by atoms with van der Waals surface area (Å²) in [5, 5.41) is 0. The summed E-state index contributed by atoms with van der Waals surface area (Å²) in [6, 6.07) is -0.0231. The van der Waals surface area contributed by atoms with Crippen LogP contribution in [0.2, 0.25) is 0 Å². The predicted octanol–water partition coefficient (Wildman–Crippen LogP) is 0.673. The van der Waals surface area contributed by atoms with Crippen molar-refractivity contribution in [3.63, 3.8) is 0 Å². The van der Waals surface area contributed by atoms with E-state index in [-0.39, 0.29) is 12.1 Å². The van der Waals surface area contributed by atoms with Crippen molar-refractivity contribution in [2.45, 2.75) is 25.2 Å². The van der Waals surface area contributed by atoms with Crippen LogP contribution in [-0.2, 0) is 4.74 Å². The first-order valence-electron chi connectivity index (χ1n) is 3.54. The fraction of sp³-hybridized carbons (Fsp3) is 1.00. The molecule has 0 bridgehead atoms. The average Bonchev–Trinajstić information content (AvgIpc) is 1.87. The second-order valence-corrected chi connectivity index (χ2v) is 2.89. The number of hydrogen-bond acceptors (Lipinski definition) is 2. The Balaban J connectivity index is 2.38. The van der Waals surface area contributed by atoms with Gasteiger partial charge in [-0.05, 0) is 14.0 Å². The van der Waals surface area contributed by atoms with Gasteiger partial charge in [0.15, 0.2) is 0 Å². The van der Waals surface area contributed by atoms with E-state index in [1.165, 1.54) is 0 Å². The summed E-state index contributed by atoms with van der Waals surface area (Å²) < 4.78 is 17.8. The molecule has 3 heteroatoms. The Morgan fingerprint density at radius 2 is 2.30 bits per heavy atom. The van der Waals surface area contributed by atoms with Crippen molar-refractivity contribution in [3.05, 3.63) is 0 Å². The van der Waals surface area contributed by atoms with Crippen LogP contribution in [0.4, 0.5) is 4.39 Å². The van der Waals surface area contributed by atoms with Crippen molar-refractivity contribution >= 4 is 0 Å². The molecular formula is C7H14FNO. The third-order valence-electron chi connectivity index (χ3n) is 2.19. The van der Waals surface area contributed by atoms with Crippen LogP contribution in [-0.4, -0.2) is 43.9 Å². The summed E-state index contributed by atoms with van der Waals surface area (Å²) in [5.41, 5.74) is 0. The zero-order valence-corrected chi connectivity index (χ0v) is 6.67. The molecule has 1 aliphatic rings. The van der Waals surface area contributed by atoms with Crippen molar-refractivity contribution in [3.8, 4) is 0 Å². The van der Waals surface area contributed by atoms with Crippen molar-refractivity contribution in [1.29, 1.82) is 0 Å². The second kappa shape index (κ2) is 2.84. The SMILES string of the molecule is CO[C@@H](C)[C@@H]1C(F)CN1C. The average molecular weight is 147 g/mol. The van der Waals surface area contributed by atoms with Crippen LogP contribution in [0.3, 0.4) is 0 Å². The molecule has 60 valence electrons. The summed E-state index contributed by atoms with van der Waals surface area (Å²) in [5.74, 6) is 0. The highest BCUT2D eigenvalue weighted by Crippen LogP contribution is 2.23. The maximum absolute atomic E-state index is 12.7. The normalized spacial score (nSPS) is 37.2. The van der Waals surface area contributed by atoms with Gasteiger partial charge in [0, 0.05) is 13.7 Å². The third-order valence-corrected chi connectivity index (χ3v) is 2.19. The minimum atomic E-state index is -0.694. The fourth-order valence-electron chi connectivity index (χ4n) is 1.43. The first kappa shape index (κ1) is 7.95. The van der Waals surface area contributed by atoms with Crippen molar-refractivity contribution < 1.29 is 9.13 Å². The maximum Gasteiger partial charge on any atom is 0.131 e. The minimum Gasteiger partial charge on any atom is -0.380 e. The molecule has 1 rings (SSSR count). The van der Waals surface area contributed by atoms with Crippen LogP contribution in [0.5, 0.6) is 0 Å². The molecule has 0 aromatic rings. The lowest BCUT2D eigenvalue weighted by Gasteiger charge is -2.44. The molecule has 0 amide bonds. The van der Waals surface area contributed by atoms with E-state index in [2.05, 4.69) is 0 Å². The van der Waals surface area contributed by atoms with E-state index in [1.54, 1.807) is 7.11 Å². The smallest absolute Gasteiger partial charge is 0.131 e. The Bertz CT molecular complexity index is 112. The Kier molecular flexibility index (Phi) is 2.26. The highest BCUT2D eigenvalue weighted by Gasteiger charge is 2.40.